The molecule has 0 unspecified atom stereocenters. The summed E-state index contributed by atoms with van der Waals surface area (Å²) in [6.45, 7) is 4.81. The van der Waals surface area contributed by atoms with Crippen molar-refractivity contribution in [3.63, 3.8) is 0 Å². The van der Waals surface area contributed by atoms with E-state index in [4.69, 9.17) is 0 Å². The quantitative estimate of drug-likeness (QED) is 0.807. The third-order valence-electron chi connectivity index (χ3n) is 1.60. The van der Waals surface area contributed by atoms with Crippen LogP contribution in [0.5, 0.6) is 0 Å². The van der Waals surface area contributed by atoms with Gasteiger partial charge in [-0.15, -0.1) is 5.10 Å². The lowest BCUT2D eigenvalue weighted by Gasteiger charge is -1.98. The molecule has 0 aliphatic heterocycles. The average Bonchev–Trinajstić information content (AvgIpc) is 2.57. The number of nitrogens with one attached hydrogen (secondary N) is 1. The highest BCUT2D eigenvalue weighted by atomic mass is 32.2. The van der Waals surface area contributed by atoms with E-state index in [1.54, 1.807) is 0 Å². The van der Waals surface area contributed by atoms with Crippen molar-refractivity contribution in [2.75, 3.05) is 11.1 Å². The zero-order valence-electron chi connectivity index (χ0n) is 9.48. The van der Waals surface area contributed by atoms with E-state index < -0.39 is 0 Å². The Balaban J connectivity index is 2.90. The van der Waals surface area contributed by atoms with Gasteiger partial charge >= 0.3 is 0 Å². The van der Waals surface area contributed by atoms with Gasteiger partial charge in [0.15, 0.2) is 5.16 Å². The van der Waals surface area contributed by atoms with Gasteiger partial charge in [-0.2, -0.15) is 9.67 Å². The number of rotatable bonds is 4. The predicted molar refractivity (Wildman–Crippen MR) is 61.6 cm³/mol. The highest BCUT2D eigenvalue weighted by Gasteiger charge is 2.13. The molecule has 0 fully saturated rings. The smallest absolute Gasteiger partial charge is 0.250 e. The molecule has 1 aromatic heterocycles. The van der Waals surface area contributed by atoms with Crippen LogP contribution in [0.25, 0.3) is 0 Å². The lowest BCUT2D eigenvalue weighted by atomic mass is 10.6. The highest BCUT2D eigenvalue weighted by Crippen LogP contribution is 2.18. The molecule has 0 saturated heterocycles. The largest absolute Gasteiger partial charge is 0.293 e. The van der Waals surface area contributed by atoms with Crippen molar-refractivity contribution in [3.8, 4) is 0 Å². The predicted octanol–water partition coefficient (Wildman–Crippen LogP) is 1.40. The Labute approximate surface area is 97.8 Å². The number of thioether (sulfide) groups is 1. The molecular weight excluding hydrogens is 228 g/mol. The lowest BCUT2D eigenvalue weighted by Crippen LogP contribution is -2.11. The van der Waals surface area contributed by atoms with Crippen LogP contribution in [0.1, 0.15) is 32.0 Å². The molecule has 1 rings (SSSR count). The number of carbonyl (C=O) groups is 2. The van der Waals surface area contributed by atoms with Crippen molar-refractivity contribution in [1.29, 1.82) is 0 Å². The van der Waals surface area contributed by atoms with Gasteiger partial charge in [0, 0.05) is 19.6 Å². The Morgan fingerprint density at radius 3 is 2.62 bits per heavy atom. The molecule has 1 aromatic rings. The second-order valence-corrected chi connectivity index (χ2v) is 4.24. The van der Waals surface area contributed by atoms with Crippen LogP contribution in [0, 0.1) is 0 Å². The molecular formula is C9H14N4O2S. The fourth-order valence-electron chi connectivity index (χ4n) is 1.00. The van der Waals surface area contributed by atoms with Gasteiger partial charge in [0.2, 0.25) is 17.8 Å². The Kier molecular flexibility index (Phi) is 4.48. The molecule has 0 atom stereocenters. The zero-order valence-corrected chi connectivity index (χ0v) is 10.3. The normalized spacial score (nSPS) is 10.2. The van der Waals surface area contributed by atoms with E-state index in [2.05, 4.69) is 15.4 Å². The Morgan fingerprint density at radius 2 is 2.12 bits per heavy atom. The van der Waals surface area contributed by atoms with Crippen molar-refractivity contribution in [2.24, 2.45) is 0 Å². The van der Waals surface area contributed by atoms with Crippen molar-refractivity contribution < 1.29 is 9.59 Å². The molecule has 0 saturated carbocycles. The second kappa shape index (κ2) is 5.64. The molecule has 0 radical (unpaired) electrons. The van der Waals surface area contributed by atoms with Crippen molar-refractivity contribution >= 4 is 29.5 Å². The maximum absolute atomic E-state index is 11.3. The summed E-state index contributed by atoms with van der Waals surface area (Å²) in [5, 5.41) is 6.87. The van der Waals surface area contributed by atoms with Crippen molar-refractivity contribution in [2.45, 2.75) is 32.3 Å². The first-order valence-corrected chi connectivity index (χ1v) is 5.91. The molecule has 0 spiro atoms. The summed E-state index contributed by atoms with van der Waals surface area (Å²) in [4.78, 5) is 26.2. The van der Waals surface area contributed by atoms with Crippen molar-refractivity contribution in [3.05, 3.63) is 0 Å². The molecule has 1 N–H and O–H groups in total. The van der Waals surface area contributed by atoms with Crippen molar-refractivity contribution in [1.82, 2.24) is 14.8 Å². The summed E-state index contributed by atoms with van der Waals surface area (Å²) in [6.07, 6.45) is 0.977. The minimum Gasteiger partial charge on any atom is -0.293 e. The summed E-state index contributed by atoms with van der Waals surface area (Å²) in [7, 11) is 0. The first-order chi connectivity index (χ1) is 7.54. The zero-order chi connectivity index (χ0) is 12.1. The maximum Gasteiger partial charge on any atom is 0.250 e. The average molecular weight is 242 g/mol. The maximum atomic E-state index is 11.3. The van der Waals surface area contributed by atoms with Gasteiger partial charge in [-0.05, 0) is 6.42 Å². The topological polar surface area (TPSA) is 76.9 Å². The SMILES string of the molecule is CCCSc1nc(NC(C)=O)nn1C(C)=O. The van der Waals surface area contributed by atoms with E-state index in [9.17, 15) is 9.59 Å². The first-order valence-electron chi connectivity index (χ1n) is 4.93. The number of anilines is 1. The summed E-state index contributed by atoms with van der Waals surface area (Å²) in [5.74, 6) is 0.544. The van der Waals surface area contributed by atoms with Crippen LogP contribution < -0.4 is 5.32 Å². The van der Waals surface area contributed by atoms with Crippen LogP contribution in [0.4, 0.5) is 5.95 Å². The molecule has 0 bridgehead atoms. The first kappa shape index (κ1) is 12.7. The third-order valence-corrected chi connectivity index (χ3v) is 2.73. The third kappa shape index (κ3) is 3.34. The number of aromatic nitrogens is 3. The number of nitrogens with zero attached hydrogens (tertiary/aromatic N) is 3. The van der Waals surface area contributed by atoms with Gasteiger partial charge in [0.05, 0.1) is 0 Å². The van der Waals surface area contributed by atoms with Crippen LogP contribution in [-0.2, 0) is 4.79 Å². The fraction of sp³-hybridized carbons (Fsp3) is 0.556. The molecule has 16 heavy (non-hydrogen) atoms. The number of amides is 1. The minimum atomic E-state index is -0.257. The van der Waals surface area contributed by atoms with E-state index in [0.717, 1.165) is 12.2 Å². The molecule has 0 aliphatic carbocycles. The van der Waals surface area contributed by atoms with Gasteiger partial charge in [0.25, 0.3) is 0 Å². The van der Waals surface area contributed by atoms with E-state index in [0.29, 0.717) is 5.16 Å². The Morgan fingerprint density at radius 1 is 1.44 bits per heavy atom. The molecule has 88 valence electrons. The van der Waals surface area contributed by atoms with E-state index >= 15 is 0 Å². The van der Waals surface area contributed by atoms with Gasteiger partial charge < -0.3 is 0 Å². The monoisotopic (exact) mass is 242 g/mol. The van der Waals surface area contributed by atoms with E-state index in [1.807, 2.05) is 6.92 Å². The fourth-order valence-corrected chi connectivity index (χ4v) is 1.83. The molecule has 0 aromatic carbocycles. The number of hydrogen-bond donors (Lipinski definition) is 1. The highest BCUT2D eigenvalue weighted by molar-refractivity contribution is 7.99. The standard InChI is InChI=1S/C9H14N4O2S/c1-4-5-16-9-11-8(10-6(2)14)12-13(9)7(3)15/h4-5H2,1-3H3,(H,10,12,14). The van der Waals surface area contributed by atoms with Gasteiger partial charge in [-0.3, -0.25) is 14.9 Å². The van der Waals surface area contributed by atoms with Crippen LogP contribution in [0.15, 0.2) is 5.16 Å². The van der Waals surface area contributed by atoms with E-state index in [-0.39, 0.29) is 17.8 Å². The Hall–Kier alpha value is -1.37. The summed E-state index contributed by atoms with van der Waals surface area (Å²) in [6, 6.07) is 0. The van der Waals surface area contributed by atoms with Gasteiger partial charge in [-0.25, -0.2) is 0 Å². The van der Waals surface area contributed by atoms with Crippen LogP contribution >= 0.6 is 11.8 Å². The second-order valence-electron chi connectivity index (χ2n) is 3.18. The summed E-state index contributed by atoms with van der Waals surface area (Å²) >= 11 is 1.44. The summed E-state index contributed by atoms with van der Waals surface area (Å²) in [5.41, 5.74) is 0. The molecule has 0 aliphatic rings. The molecule has 6 nitrogen and oxygen atoms in total. The number of carbonyl (C=O) groups excluding carboxylic acids is 2. The molecule has 1 amide bonds. The van der Waals surface area contributed by atoms with Crippen LogP contribution in [0.3, 0.4) is 0 Å². The Bertz CT molecular complexity index is 402. The number of hydrogen-bond acceptors (Lipinski definition) is 5. The van der Waals surface area contributed by atoms with Crippen LogP contribution in [0.2, 0.25) is 0 Å². The summed E-state index contributed by atoms with van der Waals surface area (Å²) < 4.78 is 1.20. The molecule has 7 heteroatoms. The van der Waals surface area contributed by atoms with E-state index in [1.165, 1.54) is 30.3 Å². The van der Waals surface area contributed by atoms with Gasteiger partial charge in [-0.1, -0.05) is 18.7 Å². The lowest BCUT2D eigenvalue weighted by molar-refractivity contribution is -0.114. The van der Waals surface area contributed by atoms with Crippen LogP contribution in [-0.4, -0.2) is 32.3 Å². The van der Waals surface area contributed by atoms with Gasteiger partial charge in [0.1, 0.15) is 0 Å². The minimum absolute atomic E-state index is 0.168. The molecule has 1 heterocycles.